The maximum absolute atomic E-state index is 13.8. The maximum Gasteiger partial charge on any atom is 0.335 e. The lowest BCUT2D eigenvalue weighted by atomic mass is 9.83. The van der Waals surface area contributed by atoms with E-state index in [-0.39, 0.29) is 16.9 Å². The Morgan fingerprint density at radius 2 is 1.84 bits per heavy atom. The molecule has 0 radical (unpaired) electrons. The van der Waals surface area contributed by atoms with Gasteiger partial charge in [-0.05, 0) is 53.4 Å². The van der Waals surface area contributed by atoms with Gasteiger partial charge in [-0.3, -0.25) is 4.79 Å². The number of carboxylic acids is 1. The minimum Gasteiger partial charge on any atom is -0.478 e. The van der Waals surface area contributed by atoms with E-state index in [1.54, 1.807) is 35.2 Å². The zero-order valence-electron chi connectivity index (χ0n) is 17.0. The van der Waals surface area contributed by atoms with Crippen LogP contribution < -0.4 is 4.90 Å². The van der Waals surface area contributed by atoms with Gasteiger partial charge in [-0.25, -0.2) is 4.79 Å². The number of nitriles is 1. The number of anilines is 1. The Bertz CT molecular complexity index is 1270. The summed E-state index contributed by atoms with van der Waals surface area (Å²) < 4.78 is 0. The third-order valence-electron chi connectivity index (χ3n) is 6.87. The van der Waals surface area contributed by atoms with Gasteiger partial charge in [0, 0.05) is 11.1 Å². The Hall–Kier alpha value is -3.91. The van der Waals surface area contributed by atoms with E-state index in [2.05, 4.69) is 13.0 Å². The van der Waals surface area contributed by atoms with Crippen molar-refractivity contribution in [3.05, 3.63) is 101 Å². The third-order valence-corrected chi connectivity index (χ3v) is 6.87. The second-order valence-corrected chi connectivity index (χ2v) is 8.52. The normalized spacial score (nSPS) is 23.5. The lowest BCUT2D eigenvalue weighted by molar-refractivity contribution is -0.120. The molecule has 1 fully saturated rings. The summed E-state index contributed by atoms with van der Waals surface area (Å²) in [6, 6.07) is 24.2. The van der Waals surface area contributed by atoms with Crippen molar-refractivity contribution in [2.75, 3.05) is 4.90 Å². The van der Waals surface area contributed by atoms with Crippen molar-refractivity contribution in [3.8, 4) is 6.07 Å². The molecule has 0 saturated heterocycles. The van der Waals surface area contributed by atoms with E-state index >= 15 is 0 Å². The minimum atomic E-state index is -0.984. The fourth-order valence-corrected chi connectivity index (χ4v) is 5.12. The van der Waals surface area contributed by atoms with E-state index in [4.69, 9.17) is 5.26 Å². The number of carboxylic acid groups (broad SMARTS) is 1. The molecule has 1 N–H and O–H groups in total. The van der Waals surface area contributed by atoms with Crippen molar-refractivity contribution in [2.45, 2.75) is 30.7 Å². The summed E-state index contributed by atoms with van der Waals surface area (Å²) in [5, 5.41) is 18.4. The zero-order chi connectivity index (χ0) is 21.8. The number of carbonyl (C=O) groups excluding carboxylic acids is 1. The second-order valence-electron chi connectivity index (χ2n) is 8.52. The number of aromatic carboxylic acids is 1. The van der Waals surface area contributed by atoms with Gasteiger partial charge < -0.3 is 10.0 Å². The van der Waals surface area contributed by atoms with Gasteiger partial charge in [0.15, 0.2) is 0 Å². The summed E-state index contributed by atoms with van der Waals surface area (Å²) in [5.74, 6) is -0.941. The van der Waals surface area contributed by atoms with Crippen molar-refractivity contribution in [1.29, 1.82) is 5.26 Å². The Morgan fingerprint density at radius 1 is 1.10 bits per heavy atom. The fraction of sp³-hybridized carbons (Fsp3) is 0.192. The van der Waals surface area contributed by atoms with Gasteiger partial charge in [0.25, 0.3) is 0 Å². The highest BCUT2D eigenvalue weighted by Crippen LogP contribution is 2.70. The second kappa shape index (κ2) is 6.55. The standard InChI is InChI=1S/C26H20N2O3/c1-25(20-11-9-17(14-27)10-12-20)16-26(25)21-7-2-3-8-22(21)28(24(26)31)15-18-5-4-6-19(13-18)23(29)30/h2-13H,15-16H2,1H3,(H,29,30)/t25-,26+/m1/s1. The summed E-state index contributed by atoms with van der Waals surface area (Å²) in [4.78, 5) is 27.0. The molecule has 5 rings (SSSR count). The van der Waals surface area contributed by atoms with Crippen LogP contribution >= 0.6 is 0 Å². The van der Waals surface area contributed by atoms with Crippen LogP contribution in [-0.4, -0.2) is 17.0 Å². The van der Waals surface area contributed by atoms with Crippen molar-refractivity contribution in [1.82, 2.24) is 0 Å². The van der Waals surface area contributed by atoms with Crippen LogP contribution in [0.5, 0.6) is 0 Å². The van der Waals surface area contributed by atoms with Crippen LogP contribution in [0.15, 0.2) is 72.8 Å². The monoisotopic (exact) mass is 408 g/mol. The summed E-state index contributed by atoms with van der Waals surface area (Å²) in [6.45, 7) is 2.43. The molecule has 2 atom stereocenters. The van der Waals surface area contributed by atoms with E-state index in [0.29, 0.717) is 18.5 Å². The number of hydrogen-bond donors (Lipinski definition) is 1. The lowest BCUT2D eigenvalue weighted by Crippen LogP contribution is -2.35. The van der Waals surface area contributed by atoms with E-state index in [1.807, 2.05) is 42.5 Å². The molecule has 0 unspecified atom stereocenters. The van der Waals surface area contributed by atoms with Gasteiger partial charge >= 0.3 is 5.97 Å². The molecule has 1 aliphatic heterocycles. The lowest BCUT2D eigenvalue weighted by Gasteiger charge is -2.21. The van der Waals surface area contributed by atoms with Crippen LogP contribution in [-0.2, 0) is 22.2 Å². The van der Waals surface area contributed by atoms with Gasteiger partial charge in [0.05, 0.1) is 29.2 Å². The average Bonchev–Trinajstić information content (AvgIpc) is 3.38. The fourth-order valence-electron chi connectivity index (χ4n) is 5.12. The molecule has 1 spiro atoms. The molecule has 1 heterocycles. The predicted octanol–water partition coefficient (Wildman–Crippen LogP) is 4.40. The molecule has 1 aliphatic carbocycles. The molecular weight excluding hydrogens is 388 g/mol. The topological polar surface area (TPSA) is 81.4 Å². The quantitative estimate of drug-likeness (QED) is 0.694. The summed E-state index contributed by atoms with van der Waals surface area (Å²) >= 11 is 0. The maximum atomic E-state index is 13.8. The number of rotatable bonds is 4. The number of carbonyl (C=O) groups is 2. The number of hydrogen-bond acceptors (Lipinski definition) is 3. The third kappa shape index (κ3) is 2.62. The van der Waals surface area contributed by atoms with Crippen LogP contribution in [0.4, 0.5) is 5.69 Å². The van der Waals surface area contributed by atoms with Gasteiger partial charge in [0.2, 0.25) is 5.91 Å². The van der Waals surface area contributed by atoms with Gasteiger partial charge in [-0.1, -0.05) is 49.4 Å². The van der Waals surface area contributed by atoms with Crippen LogP contribution in [0.2, 0.25) is 0 Å². The number of fused-ring (bicyclic) bond motifs is 2. The molecule has 31 heavy (non-hydrogen) atoms. The Balaban J connectivity index is 1.55. The number of benzene rings is 3. The molecule has 1 amide bonds. The molecule has 2 aliphatic rings. The van der Waals surface area contributed by atoms with E-state index in [0.717, 1.165) is 22.4 Å². The SMILES string of the molecule is C[C@]1(c2ccc(C#N)cc2)C[C@]12C(=O)N(Cc1cccc(C(=O)O)c1)c1ccccc12. The average molecular weight is 408 g/mol. The first kappa shape index (κ1) is 19.1. The molecule has 3 aromatic rings. The largest absolute Gasteiger partial charge is 0.478 e. The molecule has 0 aromatic heterocycles. The Labute approximate surface area is 180 Å². The first-order chi connectivity index (χ1) is 14.9. The van der Waals surface area contributed by atoms with Crippen molar-refractivity contribution < 1.29 is 14.7 Å². The molecule has 0 bridgehead atoms. The van der Waals surface area contributed by atoms with Gasteiger partial charge in [-0.15, -0.1) is 0 Å². The smallest absolute Gasteiger partial charge is 0.335 e. The molecule has 3 aromatic carbocycles. The molecule has 1 saturated carbocycles. The summed E-state index contributed by atoms with van der Waals surface area (Å²) in [6.07, 6.45) is 0.702. The van der Waals surface area contributed by atoms with Crippen LogP contribution in [0.25, 0.3) is 0 Å². The Morgan fingerprint density at radius 3 is 2.55 bits per heavy atom. The summed E-state index contributed by atoms with van der Waals surface area (Å²) in [7, 11) is 0. The highest BCUT2D eigenvalue weighted by molar-refractivity contribution is 6.12. The number of amides is 1. The van der Waals surface area contributed by atoms with Crippen molar-refractivity contribution in [3.63, 3.8) is 0 Å². The van der Waals surface area contributed by atoms with Crippen LogP contribution in [0, 0.1) is 11.3 Å². The minimum absolute atomic E-state index is 0.0429. The molecular formula is C26H20N2O3. The van der Waals surface area contributed by atoms with E-state index in [9.17, 15) is 14.7 Å². The van der Waals surface area contributed by atoms with Crippen molar-refractivity contribution in [2.24, 2.45) is 0 Å². The van der Waals surface area contributed by atoms with E-state index < -0.39 is 11.4 Å². The van der Waals surface area contributed by atoms with Crippen LogP contribution in [0.1, 0.15) is 46.0 Å². The van der Waals surface area contributed by atoms with Crippen molar-refractivity contribution >= 4 is 17.6 Å². The molecule has 152 valence electrons. The van der Waals surface area contributed by atoms with Crippen LogP contribution in [0.3, 0.4) is 0 Å². The van der Waals surface area contributed by atoms with Gasteiger partial charge in [-0.2, -0.15) is 5.26 Å². The first-order valence-corrected chi connectivity index (χ1v) is 10.1. The number of nitrogens with zero attached hydrogens (tertiary/aromatic N) is 2. The highest BCUT2D eigenvalue weighted by Gasteiger charge is 2.74. The predicted molar refractivity (Wildman–Crippen MR) is 116 cm³/mol. The highest BCUT2D eigenvalue weighted by atomic mass is 16.4. The summed E-state index contributed by atoms with van der Waals surface area (Å²) in [5.41, 5.74) is 3.53. The molecule has 5 nitrogen and oxygen atoms in total. The van der Waals surface area contributed by atoms with E-state index in [1.165, 1.54) is 0 Å². The first-order valence-electron chi connectivity index (χ1n) is 10.1. The van der Waals surface area contributed by atoms with Gasteiger partial charge in [0.1, 0.15) is 0 Å². The Kier molecular flexibility index (Phi) is 4.03. The molecule has 5 heteroatoms. The number of para-hydroxylation sites is 1. The zero-order valence-corrected chi connectivity index (χ0v) is 17.0.